The molecule has 0 aromatic heterocycles. The van der Waals surface area contributed by atoms with Crippen molar-refractivity contribution in [2.45, 2.75) is 38.8 Å². The van der Waals surface area contributed by atoms with E-state index in [-0.39, 0.29) is 0 Å². The van der Waals surface area contributed by atoms with Gasteiger partial charge in [-0.1, -0.05) is 13.3 Å². The molecule has 0 aromatic rings. The van der Waals surface area contributed by atoms with Crippen LogP contribution >= 0.6 is 0 Å². The second-order valence-electron chi connectivity index (χ2n) is 4.27. The molecule has 2 atom stereocenters. The molecule has 0 amide bonds. The topological polar surface area (TPSA) is 60.0 Å². The van der Waals surface area contributed by atoms with Gasteiger partial charge in [0.05, 0.1) is 32.5 Å². The van der Waals surface area contributed by atoms with Crippen LogP contribution in [0.5, 0.6) is 0 Å². The van der Waals surface area contributed by atoms with Gasteiger partial charge in [-0.15, -0.1) is 0 Å². The van der Waals surface area contributed by atoms with Crippen LogP contribution in [0.3, 0.4) is 0 Å². The highest BCUT2D eigenvalue weighted by molar-refractivity contribution is 4.68. The maximum Gasteiger partial charge on any atom is 0.0897 e. The normalized spacial score (nSPS) is 14.7. The smallest absolute Gasteiger partial charge is 0.0897 e. The second kappa shape index (κ2) is 13.2. The molecule has 0 rings (SSSR count). The van der Waals surface area contributed by atoms with Crippen molar-refractivity contribution in [1.82, 2.24) is 5.32 Å². The first-order chi connectivity index (χ1) is 8.74. The summed E-state index contributed by atoms with van der Waals surface area (Å²) >= 11 is 0. The van der Waals surface area contributed by atoms with Gasteiger partial charge < -0.3 is 24.6 Å². The summed E-state index contributed by atoms with van der Waals surface area (Å²) in [5.74, 6) is 0. The van der Waals surface area contributed by atoms with Gasteiger partial charge in [0.25, 0.3) is 0 Å². The third-order valence-electron chi connectivity index (χ3n) is 2.53. The molecule has 110 valence electrons. The highest BCUT2D eigenvalue weighted by Gasteiger charge is 2.10. The van der Waals surface area contributed by atoms with Gasteiger partial charge in [0, 0.05) is 26.3 Å². The minimum absolute atomic E-state index is 0.304. The SMILES string of the molecule is CCCC(COC)NCC(O)COCCOCC. The summed E-state index contributed by atoms with van der Waals surface area (Å²) in [5, 5.41) is 13.0. The third-order valence-corrected chi connectivity index (χ3v) is 2.53. The summed E-state index contributed by atoms with van der Waals surface area (Å²) in [4.78, 5) is 0. The molecule has 0 saturated carbocycles. The van der Waals surface area contributed by atoms with Crippen LogP contribution in [0.2, 0.25) is 0 Å². The third kappa shape index (κ3) is 10.9. The first-order valence-electron chi connectivity index (χ1n) is 6.80. The van der Waals surface area contributed by atoms with E-state index in [1.807, 2.05) is 6.92 Å². The predicted octanol–water partition coefficient (Wildman–Crippen LogP) is 0.805. The van der Waals surface area contributed by atoms with E-state index in [4.69, 9.17) is 14.2 Å². The summed E-state index contributed by atoms with van der Waals surface area (Å²) in [6.45, 7) is 7.43. The molecule has 5 nitrogen and oxygen atoms in total. The van der Waals surface area contributed by atoms with E-state index in [0.29, 0.717) is 45.6 Å². The van der Waals surface area contributed by atoms with Gasteiger partial charge >= 0.3 is 0 Å². The molecule has 0 heterocycles. The fraction of sp³-hybridized carbons (Fsp3) is 1.00. The van der Waals surface area contributed by atoms with E-state index in [2.05, 4.69) is 12.2 Å². The number of aliphatic hydroxyl groups excluding tert-OH is 1. The van der Waals surface area contributed by atoms with Gasteiger partial charge in [-0.05, 0) is 13.3 Å². The Balaban J connectivity index is 3.50. The largest absolute Gasteiger partial charge is 0.389 e. The quantitative estimate of drug-likeness (QED) is 0.481. The molecule has 0 aliphatic rings. The van der Waals surface area contributed by atoms with E-state index in [0.717, 1.165) is 12.8 Å². The van der Waals surface area contributed by atoms with E-state index < -0.39 is 6.10 Å². The van der Waals surface area contributed by atoms with Crippen molar-refractivity contribution in [3.8, 4) is 0 Å². The molecule has 0 aliphatic carbocycles. The van der Waals surface area contributed by atoms with Gasteiger partial charge in [0.2, 0.25) is 0 Å². The molecular weight excluding hydrogens is 234 g/mol. The molecule has 0 aliphatic heterocycles. The minimum atomic E-state index is -0.483. The van der Waals surface area contributed by atoms with Crippen molar-refractivity contribution < 1.29 is 19.3 Å². The van der Waals surface area contributed by atoms with Crippen LogP contribution in [0, 0.1) is 0 Å². The Morgan fingerprint density at radius 2 is 1.83 bits per heavy atom. The number of ether oxygens (including phenoxy) is 3. The summed E-state index contributed by atoms with van der Waals surface area (Å²) in [6, 6.07) is 0.304. The summed E-state index contributed by atoms with van der Waals surface area (Å²) in [5.41, 5.74) is 0. The Kier molecular flexibility index (Phi) is 13.1. The van der Waals surface area contributed by atoms with E-state index in [1.54, 1.807) is 7.11 Å². The molecule has 0 aromatic carbocycles. The fourth-order valence-electron chi connectivity index (χ4n) is 1.64. The lowest BCUT2D eigenvalue weighted by atomic mass is 10.2. The number of hydrogen-bond acceptors (Lipinski definition) is 5. The molecule has 2 unspecified atom stereocenters. The van der Waals surface area contributed by atoms with Crippen LogP contribution in [0.1, 0.15) is 26.7 Å². The summed E-state index contributed by atoms with van der Waals surface area (Å²) in [6.07, 6.45) is 1.66. The van der Waals surface area contributed by atoms with Crippen molar-refractivity contribution in [2.75, 3.05) is 46.7 Å². The molecule has 0 spiro atoms. The van der Waals surface area contributed by atoms with Crippen molar-refractivity contribution in [3.63, 3.8) is 0 Å². The van der Waals surface area contributed by atoms with Crippen LogP contribution < -0.4 is 5.32 Å². The Bertz CT molecular complexity index is 163. The van der Waals surface area contributed by atoms with Gasteiger partial charge in [0.15, 0.2) is 0 Å². The van der Waals surface area contributed by atoms with Crippen LogP contribution in [0.15, 0.2) is 0 Å². The van der Waals surface area contributed by atoms with E-state index in [1.165, 1.54) is 0 Å². The van der Waals surface area contributed by atoms with Crippen LogP contribution in [0.25, 0.3) is 0 Å². The second-order valence-corrected chi connectivity index (χ2v) is 4.27. The lowest BCUT2D eigenvalue weighted by Crippen LogP contribution is -2.40. The predicted molar refractivity (Wildman–Crippen MR) is 71.9 cm³/mol. The zero-order chi connectivity index (χ0) is 13.6. The zero-order valence-electron chi connectivity index (χ0n) is 12.0. The standard InChI is InChI=1S/C13H29NO4/c1-4-6-12(10-16-3)14-9-13(15)11-18-8-7-17-5-2/h12-15H,4-11H2,1-3H3. The fourth-order valence-corrected chi connectivity index (χ4v) is 1.64. The number of hydrogen-bond donors (Lipinski definition) is 2. The lowest BCUT2D eigenvalue weighted by Gasteiger charge is -2.19. The van der Waals surface area contributed by atoms with Crippen LogP contribution in [-0.2, 0) is 14.2 Å². The van der Waals surface area contributed by atoms with Gasteiger partial charge in [-0.3, -0.25) is 0 Å². The monoisotopic (exact) mass is 263 g/mol. The number of aliphatic hydroxyl groups is 1. The first kappa shape index (κ1) is 17.8. The van der Waals surface area contributed by atoms with Crippen molar-refractivity contribution in [3.05, 3.63) is 0 Å². The Labute approximate surface area is 111 Å². The highest BCUT2D eigenvalue weighted by atomic mass is 16.5. The summed E-state index contributed by atoms with van der Waals surface area (Å²) < 4.78 is 15.6. The minimum Gasteiger partial charge on any atom is -0.389 e. The van der Waals surface area contributed by atoms with Crippen molar-refractivity contribution >= 4 is 0 Å². The number of rotatable bonds is 13. The molecule has 0 fully saturated rings. The number of nitrogens with one attached hydrogen (secondary N) is 1. The van der Waals surface area contributed by atoms with E-state index >= 15 is 0 Å². The zero-order valence-corrected chi connectivity index (χ0v) is 12.0. The number of methoxy groups -OCH3 is 1. The Morgan fingerprint density at radius 1 is 1.11 bits per heavy atom. The average molecular weight is 263 g/mol. The van der Waals surface area contributed by atoms with Gasteiger partial charge in [-0.25, -0.2) is 0 Å². The molecule has 2 N–H and O–H groups in total. The molecule has 0 radical (unpaired) electrons. The lowest BCUT2D eigenvalue weighted by molar-refractivity contribution is 0.00473. The molecule has 5 heteroatoms. The van der Waals surface area contributed by atoms with Crippen LogP contribution in [0.4, 0.5) is 0 Å². The molecular formula is C13H29NO4. The highest BCUT2D eigenvalue weighted by Crippen LogP contribution is 1.97. The molecule has 0 bridgehead atoms. The van der Waals surface area contributed by atoms with Crippen LogP contribution in [-0.4, -0.2) is 63.9 Å². The average Bonchev–Trinajstić information content (AvgIpc) is 2.36. The van der Waals surface area contributed by atoms with Gasteiger partial charge in [-0.2, -0.15) is 0 Å². The molecule has 18 heavy (non-hydrogen) atoms. The molecule has 0 saturated heterocycles. The maximum absolute atomic E-state index is 9.72. The van der Waals surface area contributed by atoms with Gasteiger partial charge in [0.1, 0.15) is 0 Å². The maximum atomic E-state index is 9.72. The summed E-state index contributed by atoms with van der Waals surface area (Å²) in [7, 11) is 1.69. The Hall–Kier alpha value is -0.200. The Morgan fingerprint density at radius 3 is 2.44 bits per heavy atom. The first-order valence-corrected chi connectivity index (χ1v) is 6.80. The van der Waals surface area contributed by atoms with Crippen molar-refractivity contribution in [2.24, 2.45) is 0 Å². The van der Waals surface area contributed by atoms with E-state index in [9.17, 15) is 5.11 Å². The van der Waals surface area contributed by atoms with Crippen molar-refractivity contribution in [1.29, 1.82) is 0 Å².